The molecule has 0 fully saturated rings. The molecule has 82 valence electrons. The molecule has 0 aromatic heterocycles. The lowest BCUT2D eigenvalue weighted by Gasteiger charge is -1.99. The molecule has 0 saturated heterocycles. The first-order valence-corrected chi connectivity index (χ1v) is 5.51. The molecule has 0 aliphatic rings. The maximum absolute atomic E-state index is 4.97. The molecule has 0 rings (SSSR count). The minimum Gasteiger partial charge on any atom is -0.396 e. The standard InChI is InChI=1S/C12H23NO/c1-5-8-11(3)9-7-10-12(4)13-14-6-2/h9H,5-8,10H2,1-4H3/b11-9+,13-12+. The minimum absolute atomic E-state index is 0.655. The highest BCUT2D eigenvalue weighted by atomic mass is 16.6. The molecule has 0 N–H and O–H groups in total. The fourth-order valence-corrected chi connectivity index (χ4v) is 1.24. The van der Waals surface area contributed by atoms with Gasteiger partial charge in [-0.2, -0.15) is 0 Å². The molecule has 0 spiro atoms. The number of oxime groups is 1. The van der Waals surface area contributed by atoms with Gasteiger partial charge in [-0.1, -0.05) is 30.1 Å². The van der Waals surface area contributed by atoms with Gasteiger partial charge in [0.1, 0.15) is 6.61 Å². The molecule has 2 nitrogen and oxygen atoms in total. The van der Waals surface area contributed by atoms with E-state index < -0.39 is 0 Å². The van der Waals surface area contributed by atoms with Crippen molar-refractivity contribution in [1.29, 1.82) is 0 Å². The lowest BCUT2D eigenvalue weighted by molar-refractivity contribution is 0.158. The first-order chi connectivity index (χ1) is 6.70. The van der Waals surface area contributed by atoms with Crippen LogP contribution in [0.1, 0.15) is 53.4 Å². The van der Waals surface area contributed by atoms with Crippen molar-refractivity contribution in [1.82, 2.24) is 0 Å². The van der Waals surface area contributed by atoms with E-state index >= 15 is 0 Å². The highest BCUT2D eigenvalue weighted by Gasteiger charge is 1.92. The molecule has 0 bridgehead atoms. The lowest BCUT2D eigenvalue weighted by atomic mass is 10.1. The SMILES string of the molecule is CCC/C(C)=C/CC/C(C)=N/OCC. The zero-order chi connectivity index (χ0) is 10.8. The molecule has 0 aliphatic heterocycles. The number of hydrogen-bond acceptors (Lipinski definition) is 2. The van der Waals surface area contributed by atoms with Gasteiger partial charge in [0.25, 0.3) is 0 Å². The summed E-state index contributed by atoms with van der Waals surface area (Å²) < 4.78 is 0. The molecule has 0 aliphatic carbocycles. The second-order valence-electron chi connectivity index (χ2n) is 3.58. The molecule has 0 aromatic rings. The van der Waals surface area contributed by atoms with Crippen molar-refractivity contribution in [3.63, 3.8) is 0 Å². The van der Waals surface area contributed by atoms with Crippen LogP contribution in [0.15, 0.2) is 16.8 Å². The Morgan fingerprint density at radius 2 is 1.93 bits per heavy atom. The highest BCUT2D eigenvalue weighted by Crippen LogP contribution is 2.06. The second kappa shape index (κ2) is 8.79. The van der Waals surface area contributed by atoms with Gasteiger partial charge in [-0.15, -0.1) is 0 Å². The van der Waals surface area contributed by atoms with Crippen molar-refractivity contribution in [3.05, 3.63) is 11.6 Å². The molecule has 0 unspecified atom stereocenters. The summed E-state index contributed by atoms with van der Waals surface area (Å²) >= 11 is 0. The van der Waals surface area contributed by atoms with E-state index in [4.69, 9.17) is 4.84 Å². The summed E-state index contributed by atoms with van der Waals surface area (Å²) in [6.07, 6.45) is 6.82. The van der Waals surface area contributed by atoms with Crippen LogP contribution in [-0.2, 0) is 4.84 Å². The van der Waals surface area contributed by atoms with Crippen LogP contribution in [0.25, 0.3) is 0 Å². The zero-order valence-corrected chi connectivity index (χ0v) is 9.97. The Kier molecular flexibility index (Phi) is 8.30. The van der Waals surface area contributed by atoms with E-state index in [-0.39, 0.29) is 0 Å². The van der Waals surface area contributed by atoms with Crippen molar-refractivity contribution in [3.8, 4) is 0 Å². The first kappa shape index (κ1) is 13.2. The summed E-state index contributed by atoms with van der Waals surface area (Å²) in [5, 5.41) is 3.97. The quantitative estimate of drug-likeness (QED) is 0.344. The highest BCUT2D eigenvalue weighted by molar-refractivity contribution is 5.81. The molecule has 0 amide bonds. The number of hydrogen-bond donors (Lipinski definition) is 0. The largest absolute Gasteiger partial charge is 0.396 e. The number of rotatable bonds is 7. The lowest BCUT2D eigenvalue weighted by Crippen LogP contribution is -1.93. The van der Waals surface area contributed by atoms with E-state index in [1.807, 2.05) is 13.8 Å². The van der Waals surface area contributed by atoms with Crippen LogP contribution in [-0.4, -0.2) is 12.3 Å². The summed E-state index contributed by atoms with van der Waals surface area (Å²) in [4.78, 5) is 4.97. The number of nitrogens with zero attached hydrogens (tertiary/aromatic N) is 1. The average Bonchev–Trinajstić information content (AvgIpc) is 2.15. The maximum Gasteiger partial charge on any atom is 0.114 e. The molecule has 0 heterocycles. The van der Waals surface area contributed by atoms with Crippen molar-refractivity contribution < 1.29 is 4.84 Å². The molecular weight excluding hydrogens is 174 g/mol. The van der Waals surface area contributed by atoms with Gasteiger partial charge >= 0.3 is 0 Å². The van der Waals surface area contributed by atoms with E-state index in [0.717, 1.165) is 18.6 Å². The van der Waals surface area contributed by atoms with Gasteiger partial charge in [0.2, 0.25) is 0 Å². The predicted molar refractivity (Wildman–Crippen MR) is 62.6 cm³/mol. The average molecular weight is 197 g/mol. The maximum atomic E-state index is 4.97. The molecule has 0 saturated carbocycles. The Morgan fingerprint density at radius 3 is 2.50 bits per heavy atom. The van der Waals surface area contributed by atoms with E-state index in [1.54, 1.807) is 0 Å². The van der Waals surface area contributed by atoms with E-state index in [0.29, 0.717) is 6.61 Å². The van der Waals surface area contributed by atoms with Crippen LogP contribution in [0.4, 0.5) is 0 Å². The monoisotopic (exact) mass is 197 g/mol. The normalized spacial score (nSPS) is 13.1. The Morgan fingerprint density at radius 1 is 1.21 bits per heavy atom. The van der Waals surface area contributed by atoms with Crippen molar-refractivity contribution in [2.24, 2.45) is 5.16 Å². The molecule has 14 heavy (non-hydrogen) atoms. The fourth-order valence-electron chi connectivity index (χ4n) is 1.24. The van der Waals surface area contributed by atoms with Crippen molar-refractivity contribution in [2.45, 2.75) is 53.4 Å². The number of allylic oxidation sites excluding steroid dienone is 2. The van der Waals surface area contributed by atoms with E-state index in [1.165, 1.54) is 18.4 Å². The van der Waals surface area contributed by atoms with Crippen LogP contribution in [0.5, 0.6) is 0 Å². The van der Waals surface area contributed by atoms with Gasteiger partial charge in [0.05, 0.1) is 5.71 Å². The summed E-state index contributed by atoms with van der Waals surface area (Å²) in [6.45, 7) is 9.01. The summed E-state index contributed by atoms with van der Waals surface area (Å²) in [5.74, 6) is 0. The molecule has 0 radical (unpaired) electrons. The van der Waals surface area contributed by atoms with Crippen LogP contribution < -0.4 is 0 Å². The Bertz CT molecular complexity index is 194. The van der Waals surface area contributed by atoms with Crippen LogP contribution in [0, 0.1) is 0 Å². The fraction of sp³-hybridized carbons (Fsp3) is 0.750. The van der Waals surface area contributed by atoms with Gasteiger partial charge in [0.15, 0.2) is 0 Å². The molecule has 0 aromatic carbocycles. The van der Waals surface area contributed by atoms with Gasteiger partial charge in [0, 0.05) is 0 Å². The predicted octanol–water partition coefficient (Wildman–Crippen LogP) is 3.93. The molecule has 2 heteroatoms. The van der Waals surface area contributed by atoms with Gasteiger partial charge < -0.3 is 4.84 Å². The Hall–Kier alpha value is -0.790. The zero-order valence-electron chi connectivity index (χ0n) is 9.97. The van der Waals surface area contributed by atoms with E-state index in [9.17, 15) is 0 Å². The Labute approximate surface area is 88.0 Å². The van der Waals surface area contributed by atoms with Gasteiger partial charge in [-0.3, -0.25) is 0 Å². The van der Waals surface area contributed by atoms with Crippen LogP contribution in [0.3, 0.4) is 0 Å². The van der Waals surface area contributed by atoms with Crippen LogP contribution in [0.2, 0.25) is 0 Å². The van der Waals surface area contributed by atoms with Crippen molar-refractivity contribution >= 4 is 5.71 Å². The molecular formula is C12H23NO. The summed E-state index contributed by atoms with van der Waals surface area (Å²) in [7, 11) is 0. The van der Waals surface area contributed by atoms with Crippen LogP contribution >= 0.6 is 0 Å². The molecule has 0 atom stereocenters. The van der Waals surface area contributed by atoms with Crippen molar-refractivity contribution in [2.75, 3.05) is 6.61 Å². The van der Waals surface area contributed by atoms with E-state index in [2.05, 4.69) is 25.1 Å². The topological polar surface area (TPSA) is 21.6 Å². The summed E-state index contributed by atoms with van der Waals surface area (Å²) in [5.41, 5.74) is 2.56. The smallest absolute Gasteiger partial charge is 0.114 e. The third kappa shape index (κ3) is 7.84. The van der Waals surface area contributed by atoms with Gasteiger partial charge in [-0.05, 0) is 40.0 Å². The first-order valence-electron chi connectivity index (χ1n) is 5.51. The minimum atomic E-state index is 0.655. The second-order valence-corrected chi connectivity index (χ2v) is 3.58. The third-order valence-electron chi connectivity index (χ3n) is 1.99. The Balaban J connectivity index is 3.66. The third-order valence-corrected chi connectivity index (χ3v) is 1.99. The van der Waals surface area contributed by atoms with Gasteiger partial charge in [-0.25, -0.2) is 0 Å². The summed E-state index contributed by atoms with van der Waals surface area (Å²) in [6, 6.07) is 0.